The van der Waals surface area contributed by atoms with Crippen molar-refractivity contribution < 1.29 is 9.13 Å². The maximum atomic E-state index is 14.9. The van der Waals surface area contributed by atoms with E-state index >= 15 is 0 Å². The molecule has 2 aliphatic rings. The van der Waals surface area contributed by atoms with Crippen molar-refractivity contribution in [3.05, 3.63) is 41.7 Å². The van der Waals surface area contributed by atoms with Gasteiger partial charge >= 0.3 is 0 Å². The normalized spacial score (nSPS) is 14.6. The highest BCUT2D eigenvalue weighted by Gasteiger charge is 2.24. The molecule has 27 heavy (non-hydrogen) atoms. The Morgan fingerprint density at radius 3 is 3.07 bits per heavy atom. The van der Waals surface area contributed by atoms with Crippen LogP contribution in [-0.4, -0.2) is 35.9 Å². The third kappa shape index (κ3) is 3.44. The van der Waals surface area contributed by atoms with E-state index in [-0.39, 0.29) is 11.4 Å². The number of aliphatic imine (C=N–C) groups is 2. The Balaban J connectivity index is 1.62. The predicted octanol–water partition coefficient (Wildman–Crippen LogP) is 4.41. The van der Waals surface area contributed by atoms with Crippen LogP contribution in [0.2, 0.25) is 0 Å². The number of hydrogen-bond donors (Lipinski definition) is 2. The van der Waals surface area contributed by atoms with Crippen LogP contribution in [0.3, 0.4) is 0 Å². The molecule has 140 valence electrons. The molecular weight excluding hydrogens is 365 g/mol. The molecule has 0 atom stereocenters. The number of anilines is 2. The molecule has 2 aromatic carbocycles. The topological polar surface area (TPSA) is 75.2 Å². The highest BCUT2D eigenvalue weighted by atomic mass is 32.2. The summed E-state index contributed by atoms with van der Waals surface area (Å²) in [4.78, 5) is 10.9. The highest BCUT2D eigenvalue weighted by Crippen LogP contribution is 2.37. The Hall–Kier alpha value is -2.74. The summed E-state index contributed by atoms with van der Waals surface area (Å²) >= 11 is 1.45. The molecule has 0 fully saturated rings. The lowest BCUT2D eigenvalue weighted by molar-refractivity contribution is 0.446. The summed E-state index contributed by atoms with van der Waals surface area (Å²) in [6.07, 6.45) is 2.78. The fourth-order valence-corrected chi connectivity index (χ4v) is 3.54. The van der Waals surface area contributed by atoms with E-state index in [1.165, 1.54) is 11.9 Å². The summed E-state index contributed by atoms with van der Waals surface area (Å²) in [5.41, 5.74) is 8.25. The first kappa shape index (κ1) is 17.7. The maximum Gasteiger partial charge on any atom is 0.191 e. The Bertz CT molecular complexity index is 931. The van der Waals surface area contributed by atoms with Crippen LogP contribution < -0.4 is 15.2 Å². The number of nitrogen functional groups attached to an aromatic ring is 1. The number of rotatable bonds is 6. The van der Waals surface area contributed by atoms with E-state index in [0.717, 1.165) is 42.3 Å². The molecule has 2 aliphatic heterocycles. The second kappa shape index (κ2) is 7.48. The number of benzene rings is 2. The Morgan fingerprint density at radius 2 is 2.22 bits per heavy atom. The van der Waals surface area contributed by atoms with Gasteiger partial charge in [-0.05, 0) is 36.8 Å². The zero-order valence-corrected chi connectivity index (χ0v) is 15.7. The van der Waals surface area contributed by atoms with Gasteiger partial charge in [-0.1, -0.05) is 18.9 Å². The zero-order chi connectivity index (χ0) is 18.8. The number of nitrogens with zero attached hydrogens (tertiary/aromatic N) is 3. The lowest BCUT2D eigenvalue weighted by Gasteiger charge is -2.21. The van der Waals surface area contributed by atoms with Gasteiger partial charge < -0.3 is 20.1 Å². The largest absolute Gasteiger partial charge is 0.452 e. The van der Waals surface area contributed by atoms with Crippen molar-refractivity contribution in [2.45, 2.75) is 13.3 Å². The van der Waals surface area contributed by atoms with Crippen molar-refractivity contribution in [2.24, 2.45) is 9.98 Å². The van der Waals surface area contributed by atoms with Gasteiger partial charge in [-0.2, -0.15) is 0 Å². The first-order valence-electron chi connectivity index (χ1n) is 8.80. The molecule has 0 saturated heterocycles. The molecule has 0 aromatic heterocycles. The van der Waals surface area contributed by atoms with Gasteiger partial charge in [0, 0.05) is 17.9 Å². The Labute approximate surface area is 161 Å². The van der Waals surface area contributed by atoms with E-state index in [0.29, 0.717) is 11.4 Å². The van der Waals surface area contributed by atoms with Gasteiger partial charge in [0.05, 0.1) is 29.9 Å². The second-order valence-corrected chi connectivity index (χ2v) is 7.12. The highest BCUT2D eigenvalue weighted by molar-refractivity contribution is 8.00. The van der Waals surface area contributed by atoms with Crippen LogP contribution in [-0.2, 0) is 0 Å². The third-order valence-electron chi connectivity index (χ3n) is 4.26. The fourth-order valence-electron chi connectivity index (χ4n) is 2.92. The minimum absolute atomic E-state index is 0.0153. The summed E-state index contributed by atoms with van der Waals surface area (Å²) < 4.78 is 23.7. The van der Waals surface area contributed by atoms with Crippen LogP contribution in [0.25, 0.3) is 0 Å². The van der Waals surface area contributed by atoms with Crippen LogP contribution in [0.15, 0.2) is 40.3 Å². The number of ether oxygens (including phenoxy) is 1. The van der Waals surface area contributed by atoms with Crippen molar-refractivity contribution in [3.8, 4) is 11.5 Å². The number of nitrogens with one attached hydrogen (secondary N) is 1. The van der Waals surface area contributed by atoms with Crippen molar-refractivity contribution in [1.82, 2.24) is 4.90 Å². The second-order valence-electron chi connectivity index (χ2n) is 6.22. The van der Waals surface area contributed by atoms with Crippen LogP contribution in [0, 0.1) is 5.82 Å². The van der Waals surface area contributed by atoms with Crippen molar-refractivity contribution >= 4 is 41.2 Å². The third-order valence-corrected chi connectivity index (χ3v) is 5.23. The molecular formula is C19H20FN5OS. The van der Waals surface area contributed by atoms with Crippen LogP contribution >= 0.6 is 11.9 Å². The van der Waals surface area contributed by atoms with E-state index in [9.17, 15) is 4.39 Å². The lowest BCUT2D eigenvalue weighted by atomic mass is 10.1. The van der Waals surface area contributed by atoms with Crippen molar-refractivity contribution in [2.75, 3.05) is 29.3 Å². The summed E-state index contributed by atoms with van der Waals surface area (Å²) in [6, 6.07) is 8.68. The monoisotopic (exact) mass is 385 g/mol. The van der Waals surface area contributed by atoms with Crippen LogP contribution in [0.5, 0.6) is 11.5 Å². The maximum absolute atomic E-state index is 14.9. The smallest absolute Gasteiger partial charge is 0.191 e. The van der Waals surface area contributed by atoms with Crippen molar-refractivity contribution in [3.63, 3.8) is 0 Å². The van der Waals surface area contributed by atoms with Gasteiger partial charge in [0.25, 0.3) is 0 Å². The summed E-state index contributed by atoms with van der Waals surface area (Å²) in [6.45, 7) is 3.61. The molecule has 0 radical (unpaired) electrons. The number of nitrogens with two attached hydrogens (primary N) is 1. The molecule has 0 saturated carbocycles. The Kier molecular flexibility index (Phi) is 4.89. The summed E-state index contributed by atoms with van der Waals surface area (Å²) in [7, 11) is 0. The van der Waals surface area contributed by atoms with E-state index in [2.05, 4.69) is 21.6 Å². The average molecular weight is 385 g/mol. The number of amidine groups is 1. The molecule has 8 heteroatoms. The SMILES string of the molecule is CCCSNc1ccc(N)c(Oc2ccc3c(c2)C2=NCCN2C=N3)c1F. The molecule has 0 unspecified atom stereocenters. The molecule has 2 aromatic rings. The zero-order valence-electron chi connectivity index (χ0n) is 14.9. The first-order chi connectivity index (χ1) is 13.2. The number of halogens is 1. The van der Waals surface area contributed by atoms with Gasteiger partial charge in [0.1, 0.15) is 11.6 Å². The van der Waals surface area contributed by atoms with E-state index in [4.69, 9.17) is 10.5 Å². The minimum Gasteiger partial charge on any atom is -0.452 e. The molecule has 4 rings (SSSR count). The van der Waals surface area contributed by atoms with Gasteiger partial charge in [0.2, 0.25) is 0 Å². The first-order valence-corrected chi connectivity index (χ1v) is 9.79. The molecule has 0 bridgehead atoms. The predicted molar refractivity (Wildman–Crippen MR) is 110 cm³/mol. The average Bonchev–Trinajstić information content (AvgIpc) is 3.16. The molecule has 3 N–H and O–H groups in total. The summed E-state index contributed by atoms with van der Waals surface area (Å²) in [5, 5.41) is 0. The van der Waals surface area contributed by atoms with Crippen LogP contribution in [0.4, 0.5) is 21.5 Å². The van der Waals surface area contributed by atoms with Crippen LogP contribution in [0.1, 0.15) is 18.9 Å². The van der Waals surface area contributed by atoms with Gasteiger partial charge in [0.15, 0.2) is 11.6 Å². The number of fused-ring (bicyclic) bond motifs is 3. The Morgan fingerprint density at radius 1 is 1.33 bits per heavy atom. The molecule has 0 amide bonds. The van der Waals surface area contributed by atoms with Gasteiger partial charge in [-0.15, -0.1) is 0 Å². The standard InChI is InChI=1S/C19H20FN5OS/c1-2-9-27-24-16-6-4-14(21)18(17(16)20)26-12-3-5-15-13(10-12)19-22-7-8-25(19)11-23-15/h3-6,10-11,24H,2,7-9,21H2,1H3. The minimum atomic E-state index is -0.505. The quantitative estimate of drug-likeness (QED) is 0.438. The molecule has 0 aliphatic carbocycles. The summed E-state index contributed by atoms with van der Waals surface area (Å²) in [5.74, 6) is 1.75. The number of hydrogen-bond acceptors (Lipinski definition) is 7. The lowest BCUT2D eigenvalue weighted by Crippen LogP contribution is -2.29. The van der Waals surface area contributed by atoms with E-state index in [1.54, 1.807) is 24.5 Å². The molecule has 0 spiro atoms. The molecule has 6 nitrogen and oxygen atoms in total. The van der Waals surface area contributed by atoms with E-state index in [1.807, 2.05) is 17.0 Å². The van der Waals surface area contributed by atoms with E-state index < -0.39 is 5.82 Å². The van der Waals surface area contributed by atoms with Gasteiger partial charge in [-0.3, -0.25) is 4.99 Å². The van der Waals surface area contributed by atoms with Crippen molar-refractivity contribution in [1.29, 1.82) is 0 Å². The van der Waals surface area contributed by atoms with Gasteiger partial charge in [-0.25, -0.2) is 9.38 Å². The fraction of sp³-hybridized carbons (Fsp3) is 0.263. The molecule has 2 heterocycles.